The Morgan fingerprint density at radius 1 is 0.824 bits per heavy atom. The van der Waals surface area contributed by atoms with Gasteiger partial charge in [0.25, 0.3) is 0 Å². The monoisotopic (exact) mass is 456 g/mol. The second-order valence-corrected chi connectivity index (χ2v) is 10.0. The first kappa shape index (κ1) is 22.9. The number of piperidine rings is 2. The van der Waals surface area contributed by atoms with E-state index in [1.54, 1.807) is 0 Å². The Balaban J connectivity index is 1.05. The van der Waals surface area contributed by atoms with E-state index in [1.807, 2.05) is 12.3 Å². The summed E-state index contributed by atoms with van der Waals surface area (Å²) in [6, 6.07) is 21.2. The van der Waals surface area contributed by atoms with Gasteiger partial charge in [0, 0.05) is 37.6 Å². The highest BCUT2D eigenvalue weighted by Crippen LogP contribution is 2.25. The van der Waals surface area contributed by atoms with Crippen LogP contribution < -0.4 is 0 Å². The van der Waals surface area contributed by atoms with E-state index in [1.165, 1.54) is 11.1 Å². The highest BCUT2D eigenvalue weighted by Gasteiger charge is 2.26. The second-order valence-electron chi connectivity index (χ2n) is 10.0. The molecule has 5 nitrogen and oxygen atoms in total. The molecule has 0 radical (unpaired) electrons. The third-order valence-electron chi connectivity index (χ3n) is 7.60. The lowest BCUT2D eigenvalue weighted by molar-refractivity contribution is -0.134. The summed E-state index contributed by atoms with van der Waals surface area (Å²) in [6.45, 7) is 5.43. The quantitative estimate of drug-likeness (QED) is 0.516. The zero-order valence-corrected chi connectivity index (χ0v) is 20.1. The Hall–Kier alpha value is -2.92. The van der Waals surface area contributed by atoms with Crippen LogP contribution in [0, 0.1) is 11.8 Å². The summed E-state index contributed by atoms with van der Waals surface area (Å²) in [6.07, 6.45) is 9.66. The number of carbonyl (C=O) groups excluding carboxylic acids is 1. The Morgan fingerprint density at radius 2 is 1.47 bits per heavy atom. The second kappa shape index (κ2) is 11.0. The SMILES string of the molecule is O=C(CN1CCC(Cn2ccnc2-c2ccccc2)CC1)N1CCC(Cc2ccccc2)CC1. The molecule has 0 N–H and O–H groups in total. The van der Waals surface area contributed by atoms with Crippen LogP contribution in [0.4, 0.5) is 0 Å². The molecule has 1 aromatic heterocycles. The summed E-state index contributed by atoms with van der Waals surface area (Å²) >= 11 is 0. The number of rotatable bonds is 7. The number of carbonyl (C=O) groups is 1. The normalized spacial score (nSPS) is 18.3. The molecule has 0 aliphatic carbocycles. The van der Waals surface area contributed by atoms with Crippen LogP contribution in [0.15, 0.2) is 73.1 Å². The highest BCUT2D eigenvalue weighted by atomic mass is 16.2. The fourth-order valence-corrected chi connectivity index (χ4v) is 5.53. The molecular weight excluding hydrogens is 420 g/mol. The maximum Gasteiger partial charge on any atom is 0.236 e. The van der Waals surface area contributed by atoms with Gasteiger partial charge in [-0.25, -0.2) is 4.98 Å². The number of hydrogen-bond acceptors (Lipinski definition) is 3. The van der Waals surface area contributed by atoms with Crippen molar-refractivity contribution in [2.75, 3.05) is 32.7 Å². The van der Waals surface area contributed by atoms with Crippen LogP contribution in [0.3, 0.4) is 0 Å². The van der Waals surface area contributed by atoms with Crippen LogP contribution in [-0.2, 0) is 17.8 Å². The number of hydrogen-bond donors (Lipinski definition) is 0. The molecule has 5 rings (SSSR count). The Morgan fingerprint density at radius 3 is 2.18 bits per heavy atom. The lowest BCUT2D eigenvalue weighted by Crippen LogP contribution is -2.46. The molecule has 0 spiro atoms. The molecular formula is C29H36N4O. The summed E-state index contributed by atoms with van der Waals surface area (Å²) < 4.78 is 2.29. The summed E-state index contributed by atoms with van der Waals surface area (Å²) in [7, 11) is 0. The predicted octanol–water partition coefficient (Wildman–Crippen LogP) is 4.74. The van der Waals surface area contributed by atoms with Crippen molar-refractivity contribution < 1.29 is 4.79 Å². The number of aromatic nitrogens is 2. The van der Waals surface area contributed by atoms with Crippen molar-refractivity contribution in [1.82, 2.24) is 19.4 Å². The van der Waals surface area contributed by atoms with Crippen molar-refractivity contribution >= 4 is 5.91 Å². The van der Waals surface area contributed by atoms with Gasteiger partial charge in [0.1, 0.15) is 5.82 Å². The van der Waals surface area contributed by atoms with Gasteiger partial charge >= 0.3 is 0 Å². The van der Waals surface area contributed by atoms with Gasteiger partial charge in [0.15, 0.2) is 0 Å². The number of nitrogens with zero attached hydrogens (tertiary/aromatic N) is 4. The van der Waals surface area contributed by atoms with Gasteiger partial charge < -0.3 is 9.47 Å². The van der Waals surface area contributed by atoms with Crippen molar-refractivity contribution in [1.29, 1.82) is 0 Å². The van der Waals surface area contributed by atoms with Gasteiger partial charge in [-0.15, -0.1) is 0 Å². The van der Waals surface area contributed by atoms with Gasteiger partial charge in [-0.1, -0.05) is 60.7 Å². The Kier molecular flexibility index (Phi) is 7.40. The van der Waals surface area contributed by atoms with Crippen molar-refractivity contribution in [3.63, 3.8) is 0 Å². The third-order valence-corrected chi connectivity index (χ3v) is 7.60. The highest BCUT2D eigenvalue weighted by molar-refractivity contribution is 5.78. The average molecular weight is 457 g/mol. The molecule has 1 amide bonds. The van der Waals surface area contributed by atoms with E-state index in [2.05, 4.69) is 80.1 Å². The minimum atomic E-state index is 0.317. The van der Waals surface area contributed by atoms with Gasteiger partial charge in [-0.2, -0.15) is 0 Å². The van der Waals surface area contributed by atoms with E-state index >= 15 is 0 Å². The largest absolute Gasteiger partial charge is 0.342 e. The van der Waals surface area contributed by atoms with Crippen molar-refractivity contribution in [2.45, 2.75) is 38.6 Å². The first-order valence-corrected chi connectivity index (χ1v) is 12.9. The molecule has 34 heavy (non-hydrogen) atoms. The maximum atomic E-state index is 12.9. The molecule has 2 saturated heterocycles. The van der Waals surface area contributed by atoms with E-state index in [9.17, 15) is 4.79 Å². The van der Waals surface area contributed by atoms with Crippen molar-refractivity contribution in [3.05, 3.63) is 78.6 Å². The van der Waals surface area contributed by atoms with Crippen LogP contribution in [0.25, 0.3) is 11.4 Å². The first-order chi connectivity index (χ1) is 16.7. The molecule has 2 fully saturated rings. The van der Waals surface area contributed by atoms with E-state index in [-0.39, 0.29) is 0 Å². The van der Waals surface area contributed by atoms with Gasteiger partial charge in [-0.3, -0.25) is 9.69 Å². The summed E-state index contributed by atoms with van der Waals surface area (Å²) in [5, 5.41) is 0. The summed E-state index contributed by atoms with van der Waals surface area (Å²) in [5.41, 5.74) is 2.59. The zero-order chi connectivity index (χ0) is 23.2. The average Bonchev–Trinajstić information content (AvgIpc) is 3.35. The van der Waals surface area contributed by atoms with E-state index in [0.29, 0.717) is 24.3 Å². The lowest BCUT2D eigenvalue weighted by Gasteiger charge is -2.36. The molecule has 3 heterocycles. The van der Waals surface area contributed by atoms with Gasteiger partial charge in [-0.05, 0) is 62.6 Å². The van der Waals surface area contributed by atoms with Crippen LogP contribution >= 0.6 is 0 Å². The topological polar surface area (TPSA) is 41.4 Å². The molecule has 2 aliphatic heterocycles. The van der Waals surface area contributed by atoms with Crippen LogP contribution in [0.1, 0.15) is 31.2 Å². The number of likely N-dealkylation sites (tertiary alicyclic amines) is 2. The van der Waals surface area contributed by atoms with Crippen LogP contribution in [0.5, 0.6) is 0 Å². The lowest BCUT2D eigenvalue weighted by atomic mass is 9.90. The van der Waals surface area contributed by atoms with E-state index < -0.39 is 0 Å². The molecule has 0 saturated carbocycles. The van der Waals surface area contributed by atoms with Gasteiger partial charge in [0.05, 0.1) is 6.54 Å². The first-order valence-electron chi connectivity index (χ1n) is 12.9. The molecule has 2 aliphatic rings. The Labute approximate surface area is 203 Å². The fraction of sp³-hybridized carbons (Fsp3) is 0.448. The molecule has 178 valence electrons. The molecule has 0 unspecified atom stereocenters. The minimum Gasteiger partial charge on any atom is -0.342 e. The summed E-state index contributed by atoms with van der Waals surface area (Å²) in [4.78, 5) is 22.0. The third kappa shape index (κ3) is 5.76. The van der Waals surface area contributed by atoms with Crippen LogP contribution in [-0.4, -0.2) is 58.0 Å². The molecule has 0 atom stereocenters. The number of amides is 1. The van der Waals surface area contributed by atoms with Crippen molar-refractivity contribution in [3.8, 4) is 11.4 Å². The number of benzene rings is 2. The molecule has 2 aromatic carbocycles. The van der Waals surface area contributed by atoms with Gasteiger partial charge in [0.2, 0.25) is 5.91 Å². The summed E-state index contributed by atoms with van der Waals surface area (Å²) in [5.74, 6) is 2.70. The predicted molar refractivity (Wildman–Crippen MR) is 136 cm³/mol. The van der Waals surface area contributed by atoms with Crippen molar-refractivity contribution in [2.24, 2.45) is 11.8 Å². The number of imidazole rings is 1. The smallest absolute Gasteiger partial charge is 0.236 e. The molecule has 0 bridgehead atoms. The fourth-order valence-electron chi connectivity index (χ4n) is 5.53. The minimum absolute atomic E-state index is 0.317. The molecule has 3 aromatic rings. The zero-order valence-electron chi connectivity index (χ0n) is 20.1. The maximum absolute atomic E-state index is 12.9. The Bertz CT molecular complexity index is 1030. The van der Waals surface area contributed by atoms with Crippen LogP contribution in [0.2, 0.25) is 0 Å². The molecule has 5 heteroatoms. The van der Waals surface area contributed by atoms with E-state index in [0.717, 1.165) is 70.7 Å². The standard InChI is InChI=1S/C29H36N4O/c34-28(32-18-13-25(14-19-32)21-24-7-3-1-4-8-24)23-31-16-11-26(12-17-31)22-33-20-15-30-29(33)27-9-5-2-6-10-27/h1-10,15,20,25-26H,11-14,16-19,21-23H2. The van der Waals surface area contributed by atoms with E-state index in [4.69, 9.17) is 0 Å².